The maximum atomic E-state index is 13.1. The van der Waals surface area contributed by atoms with Crippen LogP contribution in [0.2, 0.25) is 0 Å². The van der Waals surface area contributed by atoms with Crippen molar-refractivity contribution in [3.05, 3.63) is 71.8 Å². The van der Waals surface area contributed by atoms with Crippen LogP contribution in [0.3, 0.4) is 0 Å². The molecule has 0 saturated carbocycles. The Balaban J connectivity index is 2.05. The first-order valence-electron chi connectivity index (χ1n) is 11.4. The van der Waals surface area contributed by atoms with Crippen LogP contribution in [0.4, 0.5) is 4.79 Å². The van der Waals surface area contributed by atoms with Crippen LogP contribution < -0.4 is 16.0 Å². The van der Waals surface area contributed by atoms with E-state index < -0.39 is 35.8 Å². The van der Waals surface area contributed by atoms with E-state index in [1.54, 1.807) is 0 Å². The molecule has 0 fully saturated rings. The molecule has 0 aliphatic heterocycles. The minimum absolute atomic E-state index is 0.0670. The molecular formula is C26H33N3O5. The number of carbonyl (C=O) groups is 4. The second kappa shape index (κ2) is 13.8. The molecule has 8 heteroatoms. The Morgan fingerprint density at radius 2 is 1.41 bits per heavy atom. The lowest BCUT2D eigenvalue weighted by atomic mass is 9.99. The highest BCUT2D eigenvalue weighted by atomic mass is 16.5. The number of benzene rings is 2. The van der Waals surface area contributed by atoms with E-state index in [0.717, 1.165) is 11.1 Å². The molecular weight excluding hydrogens is 434 g/mol. The molecule has 0 heterocycles. The van der Waals surface area contributed by atoms with Gasteiger partial charge in [0.2, 0.25) is 11.7 Å². The molecule has 0 spiro atoms. The lowest BCUT2D eigenvalue weighted by molar-refractivity contribution is -0.140. The summed E-state index contributed by atoms with van der Waals surface area (Å²) in [5.74, 6) is -1.97. The number of ether oxygens (including phenoxy) is 1. The molecule has 182 valence electrons. The average molecular weight is 468 g/mol. The van der Waals surface area contributed by atoms with E-state index in [9.17, 15) is 19.2 Å². The molecule has 2 aromatic rings. The monoisotopic (exact) mass is 467 g/mol. The van der Waals surface area contributed by atoms with E-state index in [1.807, 2.05) is 74.5 Å². The standard InChI is InChI=1S/C26H33N3O5/c1-18(2)16-22(29-26(33)34-17-20-12-8-5-9-13-20)24(31)28-21(23(30)25(32)27-3)15-14-19-10-6-4-7-11-19/h4-13,18,21-22H,14-17H2,1-3H3,(H,27,32)(H,28,31)(H,29,33)/t21?,22-/m0/s1. The van der Waals surface area contributed by atoms with Crippen molar-refractivity contribution in [1.82, 2.24) is 16.0 Å². The number of alkyl carbamates (subject to hydrolysis) is 1. The SMILES string of the molecule is CNC(=O)C(=O)C(CCc1ccccc1)NC(=O)[C@H](CC(C)C)NC(=O)OCc1ccccc1. The van der Waals surface area contributed by atoms with Gasteiger partial charge in [0.1, 0.15) is 12.6 Å². The summed E-state index contributed by atoms with van der Waals surface area (Å²) in [6.45, 7) is 3.90. The molecule has 0 saturated heterocycles. The van der Waals surface area contributed by atoms with Gasteiger partial charge in [0.25, 0.3) is 5.91 Å². The zero-order valence-electron chi connectivity index (χ0n) is 19.9. The zero-order valence-corrected chi connectivity index (χ0v) is 19.9. The molecule has 0 bridgehead atoms. The lowest BCUT2D eigenvalue weighted by Crippen LogP contribution is -2.54. The summed E-state index contributed by atoms with van der Waals surface area (Å²) < 4.78 is 5.24. The fraction of sp³-hybridized carbons (Fsp3) is 0.385. The first kappa shape index (κ1) is 26.6. The topological polar surface area (TPSA) is 114 Å². The molecule has 2 aromatic carbocycles. The van der Waals surface area contributed by atoms with Crippen molar-refractivity contribution in [3.63, 3.8) is 0 Å². The van der Waals surface area contributed by atoms with Crippen LogP contribution in [-0.2, 0) is 32.1 Å². The fourth-order valence-corrected chi connectivity index (χ4v) is 3.39. The molecule has 8 nitrogen and oxygen atoms in total. The number of carbonyl (C=O) groups excluding carboxylic acids is 4. The minimum atomic E-state index is -1.02. The van der Waals surface area contributed by atoms with Crippen molar-refractivity contribution in [2.45, 2.75) is 51.8 Å². The van der Waals surface area contributed by atoms with Gasteiger partial charge in [-0.2, -0.15) is 0 Å². The van der Waals surface area contributed by atoms with Crippen LogP contribution in [0.5, 0.6) is 0 Å². The maximum Gasteiger partial charge on any atom is 0.408 e. The van der Waals surface area contributed by atoms with Crippen molar-refractivity contribution in [2.24, 2.45) is 5.92 Å². The van der Waals surface area contributed by atoms with Crippen molar-refractivity contribution in [3.8, 4) is 0 Å². The average Bonchev–Trinajstić information content (AvgIpc) is 2.84. The highest BCUT2D eigenvalue weighted by Gasteiger charge is 2.30. The third-order valence-corrected chi connectivity index (χ3v) is 5.18. The molecule has 3 N–H and O–H groups in total. The molecule has 3 amide bonds. The molecule has 2 rings (SSSR count). The van der Waals surface area contributed by atoms with Crippen LogP contribution >= 0.6 is 0 Å². The zero-order chi connectivity index (χ0) is 24.9. The van der Waals surface area contributed by atoms with E-state index in [4.69, 9.17) is 4.74 Å². The van der Waals surface area contributed by atoms with Gasteiger partial charge in [-0.05, 0) is 36.3 Å². The number of ketones is 1. The second-order valence-corrected chi connectivity index (χ2v) is 8.42. The van der Waals surface area contributed by atoms with Gasteiger partial charge in [-0.25, -0.2) is 4.79 Å². The van der Waals surface area contributed by atoms with E-state index >= 15 is 0 Å². The Morgan fingerprint density at radius 3 is 1.97 bits per heavy atom. The highest BCUT2D eigenvalue weighted by molar-refractivity contribution is 6.38. The normalized spacial score (nSPS) is 12.4. The minimum Gasteiger partial charge on any atom is -0.445 e. The molecule has 0 aliphatic rings. The van der Waals surface area contributed by atoms with Crippen molar-refractivity contribution in [1.29, 1.82) is 0 Å². The van der Waals surface area contributed by atoms with Gasteiger partial charge in [0.15, 0.2) is 0 Å². The predicted octanol–water partition coefficient (Wildman–Crippen LogP) is 2.76. The molecule has 1 unspecified atom stereocenters. The van der Waals surface area contributed by atoms with Crippen molar-refractivity contribution in [2.75, 3.05) is 7.05 Å². The number of nitrogens with one attached hydrogen (secondary N) is 3. The van der Waals surface area contributed by atoms with E-state index in [1.165, 1.54) is 7.05 Å². The number of hydrogen-bond donors (Lipinski definition) is 3. The Labute approximate surface area is 200 Å². The van der Waals surface area contributed by atoms with E-state index in [-0.39, 0.29) is 18.9 Å². The first-order chi connectivity index (χ1) is 16.3. The van der Waals surface area contributed by atoms with Gasteiger partial charge in [0.05, 0.1) is 6.04 Å². The Bertz CT molecular complexity index is 947. The Morgan fingerprint density at radius 1 is 0.824 bits per heavy atom. The number of rotatable bonds is 12. The predicted molar refractivity (Wildman–Crippen MR) is 129 cm³/mol. The summed E-state index contributed by atoms with van der Waals surface area (Å²) >= 11 is 0. The number of aryl methyl sites for hydroxylation is 1. The summed E-state index contributed by atoms with van der Waals surface area (Å²) in [7, 11) is 1.36. The number of likely N-dealkylation sites (N-methyl/N-ethyl adjacent to an activating group) is 1. The van der Waals surface area contributed by atoms with E-state index in [2.05, 4.69) is 16.0 Å². The molecule has 2 atom stereocenters. The molecule has 0 aliphatic carbocycles. The van der Waals surface area contributed by atoms with Gasteiger partial charge < -0.3 is 20.7 Å². The van der Waals surface area contributed by atoms with Gasteiger partial charge >= 0.3 is 6.09 Å². The quantitative estimate of drug-likeness (QED) is 0.416. The first-order valence-corrected chi connectivity index (χ1v) is 11.4. The summed E-state index contributed by atoms with van der Waals surface area (Å²) in [4.78, 5) is 50.0. The molecule has 34 heavy (non-hydrogen) atoms. The summed E-state index contributed by atoms with van der Waals surface area (Å²) in [6, 6.07) is 16.7. The van der Waals surface area contributed by atoms with Crippen molar-refractivity contribution < 1.29 is 23.9 Å². The van der Waals surface area contributed by atoms with E-state index in [0.29, 0.717) is 12.8 Å². The smallest absolute Gasteiger partial charge is 0.408 e. The summed E-state index contributed by atoms with van der Waals surface area (Å²) in [5, 5.41) is 7.57. The van der Waals surface area contributed by atoms with Crippen LogP contribution in [0.15, 0.2) is 60.7 Å². The van der Waals surface area contributed by atoms with Crippen LogP contribution in [-0.4, -0.2) is 42.8 Å². The Hall–Kier alpha value is -3.68. The summed E-state index contributed by atoms with van der Waals surface area (Å²) in [6.07, 6.45) is 0.347. The molecule has 0 aromatic heterocycles. The van der Waals surface area contributed by atoms with Gasteiger partial charge in [-0.15, -0.1) is 0 Å². The maximum absolute atomic E-state index is 13.1. The van der Waals surface area contributed by atoms with Crippen LogP contribution in [0.1, 0.15) is 37.8 Å². The number of hydrogen-bond acceptors (Lipinski definition) is 5. The fourth-order valence-electron chi connectivity index (χ4n) is 3.39. The Kier molecular flexibility index (Phi) is 10.8. The third kappa shape index (κ3) is 9.05. The third-order valence-electron chi connectivity index (χ3n) is 5.18. The van der Waals surface area contributed by atoms with Gasteiger partial charge in [-0.3, -0.25) is 14.4 Å². The van der Waals surface area contributed by atoms with Crippen molar-refractivity contribution >= 4 is 23.7 Å². The van der Waals surface area contributed by atoms with Crippen LogP contribution in [0, 0.1) is 5.92 Å². The lowest BCUT2D eigenvalue weighted by Gasteiger charge is -2.23. The second-order valence-electron chi connectivity index (χ2n) is 8.42. The highest BCUT2D eigenvalue weighted by Crippen LogP contribution is 2.10. The summed E-state index contributed by atoms with van der Waals surface area (Å²) in [5.41, 5.74) is 1.80. The van der Waals surface area contributed by atoms with Gasteiger partial charge in [-0.1, -0.05) is 74.5 Å². The van der Waals surface area contributed by atoms with Gasteiger partial charge in [0, 0.05) is 7.05 Å². The number of Topliss-reactive ketones (excluding diaryl/α,β-unsaturated/α-hetero) is 1. The van der Waals surface area contributed by atoms with Crippen LogP contribution in [0.25, 0.3) is 0 Å². The number of amides is 3. The molecule has 0 radical (unpaired) electrons. The largest absolute Gasteiger partial charge is 0.445 e.